The van der Waals surface area contributed by atoms with E-state index < -0.39 is 0 Å². The van der Waals surface area contributed by atoms with Crippen LogP contribution in [0.4, 0.5) is 5.69 Å². The SMILES string of the molecule is Cc1cc(C(=O)Nc2ccccc2C(C)Br)sc1C. The van der Waals surface area contributed by atoms with Gasteiger partial charge in [0.1, 0.15) is 0 Å². The van der Waals surface area contributed by atoms with Crippen LogP contribution in [0.5, 0.6) is 0 Å². The second-order valence-corrected chi connectivity index (χ2v) is 7.14. The number of carbonyl (C=O) groups excluding carboxylic acids is 1. The molecular weight excluding hydrogens is 322 g/mol. The number of aryl methyl sites for hydroxylation is 2. The van der Waals surface area contributed by atoms with Crippen molar-refractivity contribution >= 4 is 38.9 Å². The number of para-hydroxylation sites is 1. The molecule has 0 spiro atoms. The van der Waals surface area contributed by atoms with Crippen LogP contribution in [0.25, 0.3) is 0 Å². The van der Waals surface area contributed by atoms with Gasteiger partial charge in [0.2, 0.25) is 0 Å². The summed E-state index contributed by atoms with van der Waals surface area (Å²) in [6, 6.07) is 9.79. The number of hydrogen-bond donors (Lipinski definition) is 1. The summed E-state index contributed by atoms with van der Waals surface area (Å²) in [5, 5.41) is 2.99. The Morgan fingerprint density at radius 2 is 2.00 bits per heavy atom. The van der Waals surface area contributed by atoms with Crippen molar-refractivity contribution in [1.29, 1.82) is 0 Å². The maximum absolute atomic E-state index is 12.2. The van der Waals surface area contributed by atoms with Crippen molar-refractivity contribution in [3.05, 3.63) is 51.2 Å². The number of halogens is 1. The summed E-state index contributed by atoms with van der Waals surface area (Å²) in [4.78, 5) is 14.4. The average Bonchev–Trinajstić information content (AvgIpc) is 2.70. The van der Waals surface area contributed by atoms with Crippen LogP contribution in [0.3, 0.4) is 0 Å². The monoisotopic (exact) mass is 337 g/mol. The van der Waals surface area contributed by atoms with Gasteiger partial charge in [-0.05, 0) is 44.0 Å². The van der Waals surface area contributed by atoms with E-state index in [1.807, 2.05) is 51.1 Å². The molecule has 4 heteroatoms. The molecule has 1 aromatic carbocycles. The Balaban J connectivity index is 2.24. The third-order valence-electron chi connectivity index (χ3n) is 3.03. The van der Waals surface area contributed by atoms with Crippen molar-refractivity contribution in [2.75, 3.05) is 5.32 Å². The lowest BCUT2D eigenvalue weighted by Crippen LogP contribution is -2.11. The van der Waals surface area contributed by atoms with Gasteiger partial charge in [-0.2, -0.15) is 0 Å². The predicted molar refractivity (Wildman–Crippen MR) is 85.5 cm³/mol. The lowest BCUT2D eigenvalue weighted by Gasteiger charge is -2.12. The lowest BCUT2D eigenvalue weighted by atomic mass is 10.1. The molecule has 0 saturated heterocycles. The third kappa shape index (κ3) is 3.25. The predicted octanol–water partition coefficient (Wildman–Crippen LogP) is 5.07. The fraction of sp³-hybridized carbons (Fsp3) is 0.267. The molecule has 2 nitrogen and oxygen atoms in total. The third-order valence-corrected chi connectivity index (χ3v) is 4.67. The molecule has 1 amide bonds. The van der Waals surface area contributed by atoms with Gasteiger partial charge >= 0.3 is 0 Å². The number of rotatable bonds is 3. The summed E-state index contributed by atoms with van der Waals surface area (Å²) in [7, 11) is 0. The smallest absolute Gasteiger partial charge is 0.265 e. The van der Waals surface area contributed by atoms with Crippen molar-refractivity contribution in [1.82, 2.24) is 0 Å². The number of anilines is 1. The Labute approximate surface area is 126 Å². The average molecular weight is 338 g/mol. The molecule has 0 bridgehead atoms. The van der Waals surface area contributed by atoms with Crippen molar-refractivity contribution in [2.45, 2.75) is 25.6 Å². The van der Waals surface area contributed by atoms with Crippen molar-refractivity contribution < 1.29 is 4.79 Å². The molecule has 0 aliphatic rings. The first-order valence-electron chi connectivity index (χ1n) is 6.10. The van der Waals surface area contributed by atoms with Crippen molar-refractivity contribution in [2.24, 2.45) is 0 Å². The van der Waals surface area contributed by atoms with E-state index in [4.69, 9.17) is 0 Å². The highest BCUT2D eigenvalue weighted by Gasteiger charge is 2.13. The highest BCUT2D eigenvalue weighted by atomic mass is 79.9. The van der Waals surface area contributed by atoms with E-state index in [2.05, 4.69) is 21.2 Å². The second kappa shape index (κ2) is 5.88. The summed E-state index contributed by atoms with van der Waals surface area (Å²) >= 11 is 5.08. The van der Waals surface area contributed by atoms with Crippen LogP contribution >= 0.6 is 27.3 Å². The van der Waals surface area contributed by atoms with E-state index in [0.717, 1.165) is 21.7 Å². The largest absolute Gasteiger partial charge is 0.321 e. The molecule has 0 fully saturated rings. The molecule has 1 unspecified atom stereocenters. The van der Waals surface area contributed by atoms with E-state index in [0.29, 0.717) is 0 Å². The number of nitrogens with one attached hydrogen (secondary N) is 1. The van der Waals surface area contributed by atoms with Crippen molar-refractivity contribution in [3.63, 3.8) is 0 Å². The fourth-order valence-corrected chi connectivity index (χ4v) is 3.16. The van der Waals surface area contributed by atoms with Gasteiger partial charge in [0, 0.05) is 15.4 Å². The highest BCUT2D eigenvalue weighted by Crippen LogP contribution is 2.29. The van der Waals surface area contributed by atoms with Crippen LogP contribution in [0.1, 0.15) is 37.4 Å². The van der Waals surface area contributed by atoms with Gasteiger partial charge in [-0.3, -0.25) is 4.79 Å². The van der Waals surface area contributed by atoms with Crippen LogP contribution in [-0.4, -0.2) is 5.91 Å². The quantitative estimate of drug-likeness (QED) is 0.778. The topological polar surface area (TPSA) is 29.1 Å². The first kappa shape index (κ1) is 14.3. The van der Waals surface area contributed by atoms with E-state index in [-0.39, 0.29) is 10.7 Å². The zero-order chi connectivity index (χ0) is 14.0. The zero-order valence-corrected chi connectivity index (χ0v) is 13.6. The number of hydrogen-bond acceptors (Lipinski definition) is 2. The first-order valence-corrected chi connectivity index (χ1v) is 7.83. The van der Waals surface area contributed by atoms with Gasteiger partial charge in [-0.15, -0.1) is 11.3 Å². The zero-order valence-electron chi connectivity index (χ0n) is 11.2. The van der Waals surface area contributed by atoms with Gasteiger partial charge in [0.05, 0.1) is 4.88 Å². The molecule has 0 radical (unpaired) electrons. The van der Waals surface area contributed by atoms with Gasteiger partial charge in [0.25, 0.3) is 5.91 Å². The maximum Gasteiger partial charge on any atom is 0.265 e. The van der Waals surface area contributed by atoms with Crippen LogP contribution in [0, 0.1) is 13.8 Å². The number of benzene rings is 1. The Bertz CT molecular complexity index is 584. The molecule has 1 N–H and O–H groups in total. The molecule has 0 aliphatic carbocycles. The van der Waals surface area contributed by atoms with E-state index >= 15 is 0 Å². The first-order chi connectivity index (χ1) is 8.99. The summed E-state index contributed by atoms with van der Waals surface area (Å²) in [5.74, 6) is -0.0400. The van der Waals surface area contributed by atoms with Crippen LogP contribution in [-0.2, 0) is 0 Å². The molecule has 1 heterocycles. The van der Waals surface area contributed by atoms with Crippen LogP contribution < -0.4 is 5.32 Å². The summed E-state index contributed by atoms with van der Waals surface area (Å²) in [6.07, 6.45) is 0. The Hall–Kier alpha value is -1.13. The Morgan fingerprint density at radius 3 is 2.58 bits per heavy atom. The normalized spacial score (nSPS) is 12.2. The molecule has 0 saturated carbocycles. The minimum absolute atomic E-state index is 0.0400. The van der Waals surface area contributed by atoms with Crippen LogP contribution in [0.2, 0.25) is 0 Å². The minimum Gasteiger partial charge on any atom is -0.321 e. The lowest BCUT2D eigenvalue weighted by molar-refractivity contribution is 0.103. The number of thiophene rings is 1. The van der Waals surface area contributed by atoms with Crippen LogP contribution in [0.15, 0.2) is 30.3 Å². The van der Waals surface area contributed by atoms with Gasteiger partial charge < -0.3 is 5.32 Å². The van der Waals surface area contributed by atoms with Gasteiger partial charge in [-0.25, -0.2) is 0 Å². The minimum atomic E-state index is -0.0400. The standard InChI is InChI=1S/C15H16BrNOS/c1-9-8-14(19-11(9)3)15(18)17-13-7-5-4-6-12(13)10(2)16/h4-8,10H,1-3H3,(H,17,18). The molecule has 100 valence electrons. The molecule has 1 aromatic heterocycles. The fourth-order valence-electron chi connectivity index (χ4n) is 1.83. The van der Waals surface area contributed by atoms with Gasteiger partial charge in [0.15, 0.2) is 0 Å². The van der Waals surface area contributed by atoms with Gasteiger partial charge in [-0.1, -0.05) is 34.1 Å². The van der Waals surface area contributed by atoms with Crippen molar-refractivity contribution in [3.8, 4) is 0 Å². The van der Waals surface area contributed by atoms with E-state index in [1.54, 1.807) is 0 Å². The molecule has 19 heavy (non-hydrogen) atoms. The Morgan fingerprint density at radius 1 is 1.32 bits per heavy atom. The molecule has 2 aromatic rings. The number of carbonyl (C=O) groups is 1. The van der Waals surface area contributed by atoms with E-state index in [1.165, 1.54) is 16.2 Å². The second-order valence-electron chi connectivity index (χ2n) is 4.51. The summed E-state index contributed by atoms with van der Waals surface area (Å²) < 4.78 is 0. The maximum atomic E-state index is 12.2. The number of alkyl halides is 1. The molecular formula is C15H16BrNOS. The molecule has 1 atom stereocenters. The molecule has 0 aliphatic heterocycles. The van der Waals surface area contributed by atoms with E-state index in [9.17, 15) is 4.79 Å². The Kier molecular flexibility index (Phi) is 4.42. The number of amides is 1. The summed E-state index contributed by atoms with van der Waals surface area (Å²) in [5.41, 5.74) is 3.11. The summed E-state index contributed by atoms with van der Waals surface area (Å²) in [6.45, 7) is 6.10. The highest BCUT2D eigenvalue weighted by molar-refractivity contribution is 9.09. The molecule has 2 rings (SSSR count).